The lowest BCUT2D eigenvalue weighted by atomic mass is 9.95. The second-order valence-corrected chi connectivity index (χ2v) is 5.10. The van der Waals surface area contributed by atoms with Crippen LogP contribution in [0.4, 0.5) is 0 Å². The number of carbonyl (C=O) groups is 1. The summed E-state index contributed by atoms with van der Waals surface area (Å²) in [6, 6.07) is 13.4. The van der Waals surface area contributed by atoms with Gasteiger partial charge in [0.1, 0.15) is 0 Å². The fraction of sp³-hybridized carbons (Fsp3) is 0.235. The van der Waals surface area contributed by atoms with Crippen LogP contribution in [0.25, 0.3) is 11.1 Å². The molecule has 1 unspecified atom stereocenters. The van der Waals surface area contributed by atoms with Crippen LogP contribution in [0.15, 0.2) is 42.5 Å². The van der Waals surface area contributed by atoms with Crippen LogP contribution in [0.5, 0.6) is 0 Å². The van der Waals surface area contributed by atoms with E-state index in [1.54, 1.807) is 12.1 Å². The Morgan fingerprint density at radius 2 is 1.90 bits per heavy atom. The fourth-order valence-electron chi connectivity index (χ4n) is 2.44. The topological polar surface area (TPSA) is 46.5 Å². The standard InChI is InChI=1S/C17H16O3/c1-11-2-3-14(17(18)19)10-15(11)12-4-6-13(7-5-12)16-8-9-20-16/h2-7,10,16H,8-9H2,1H3,(H,18,19). The first-order valence-corrected chi connectivity index (χ1v) is 6.71. The Kier molecular flexibility index (Phi) is 3.28. The van der Waals surface area contributed by atoms with Gasteiger partial charge in [0.2, 0.25) is 0 Å². The summed E-state index contributed by atoms with van der Waals surface area (Å²) in [6.45, 7) is 2.83. The van der Waals surface area contributed by atoms with Crippen molar-refractivity contribution in [3.05, 3.63) is 59.2 Å². The minimum Gasteiger partial charge on any atom is -0.478 e. The number of hydrogen-bond donors (Lipinski definition) is 1. The molecule has 1 N–H and O–H groups in total. The summed E-state index contributed by atoms with van der Waals surface area (Å²) in [5, 5.41) is 9.09. The van der Waals surface area contributed by atoms with E-state index < -0.39 is 5.97 Å². The molecule has 3 nitrogen and oxygen atoms in total. The minimum atomic E-state index is -0.897. The number of benzene rings is 2. The molecule has 20 heavy (non-hydrogen) atoms. The van der Waals surface area contributed by atoms with Crippen molar-refractivity contribution in [2.24, 2.45) is 0 Å². The highest BCUT2D eigenvalue weighted by molar-refractivity contribution is 5.90. The zero-order valence-corrected chi connectivity index (χ0v) is 11.3. The van der Waals surface area contributed by atoms with Gasteiger partial charge in [-0.2, -0.15) is 0 Å². The largest absolute Gasteiger partial charge is 0.478 e. The highest BCUT2D eigenvalue weighted by Gasteiger charge is 2.20. The molecule has 1 saturated heterocycles. The highest BCUT2D eigenvalue weighted by Crippen LogP contribution is 2.31. The molecule has 0 radical (unpaired) electrons. The number of aromatic carboxylic acids is 1. The number of ether oxygens (including phenoxy) is 1. The number of hydrogen-bond acceptors (Lipinski definition) is 2. The Labute approximate surface area is 117 Å². The van der Waals surface area contributed by atoms with Crippen LogP contribution in [0.3, 0.4) is 0 Å². The molecule has 0 aliphatic carbocycles. The molecular weight excluding hydrogens is 252 g/mol. The predicted molar refractivity (Wildman–Crippen MR) is 76.9 cm³/mol. The molecule has 1 atom stereocenters. The third kappa shape index (κ3) is 2.32. The maximum atomic E-state index is 11.1. The number of rotatable bonds is 3. The molecular formula is C17H16O3. The summed E-state index contributed by atoms with van der Waals surface area (Å²) in [7, 11) is 0. The van der Waals surface area contributed by atoms with Gasteiger partial charge >= 0.3 is 5.97 Å². The maximum Gasteiger partial charge on any atom is 0.335 e. The Bertz CT molecular complexity index is 640. The van der Waals surface area contributed by atoms with Crippen molar-refractivity contribution in [3.8, 4) is 11.1 Å². The number of aryl methyl sites for hydroxylation is 1. The molecule has 1 heterocycles. The van der Waals surface area contributed by atoms with E-state index in [0.717, 1.165) is 29.7 Å². The molecule has 2 aromatic carbocycles. The summed E-state index contributed by atoms with van der Waals surface area (Å²) in [4.78, 5) is 11.1. The summed E-state index contributed by atoms with van der Waals surface area (Å²) in [5.41, 5.74) is 4.58. The van der Waals surface area contributed by atoms with Crippen LogP contribution in [0.2, 0.25) is 0 Å². The van der Waals surface area contributed by atoms with Crippen molar-refractivity contribution < 1.29 is 14.6 Å². The van der Waals surface area contributed by atoms with E-state index in [4.69, 9.17) is 9.84 Å². The lowest BCUT2D eigenvalue weighted by Gasteiger charge is -2.26. The van der Waals surface area contributed by atoms with E-state index in [9.17, 15) is 4.79 Å². The molecule has 3 heteroatoms. The highest BCUT2D eigenvalue weighted by atomic mass is 16.5. The quantitative estimate of drug-likeness (QED) is 0.920. The summed E-state index contributed by atoms with van der Waals surface area (Å²) >= 11 is 0. The molecule has 2 aromatic rings. The summed E-state index contributed by atoms with van der Waals surface area (Å²) in [6.07, 6.45) is 1.31. The molecule has 102 valence electrons. The van der Waals surface area contributed by atoms with Gasteiger partial charge in [0.25, 0.3) is 0 Å². The average molecular weight is 268 g/mol. The third-order valence-corrected chi connectivity index (χ3v) is 3.78. The first-order valence-electron chi connectivity index (χ1n) is 6.71. The Balaban J connectivity index is 1.95. The monoisotopic (exact) mass is 268 g/mol. The van der Waals surface area contributed by atoms with Gasteiger partial charge < -0.3 is 9.84 Å². The van der Waals surface area contributed by atoms with Gasteiger partial charge in [-0.3, -0.25) is 0 Å². The lowest BCUT2D eigenvalue weighted by molar-refractivity contribution is -0.0527. The zero-order chi connectivity index (χ0) is 14.1. The van der Waals surface area contributed by atoms with Crippen LogP contribution >= 0.6 is 0 Å². The van der Waals surface area contributed by atoms with Gasteiger partial charge in [-0.25, -0.2) is 4.79 Å². The van der Waals surface area contributed by atoms with Gasteiger partial charge in [0.15, 0.2) is 0 Å². The van der Waals surface area contributed by atoms with Crippen molar-refractivity contribution in [1.82, 2.24) is 0 Å². The van der Waals surface area contributed by atoms with Gasteiger partial charge in [-0.1, -0.05) is 30.3 Å². The van der Waals surface area contributed by atoms with E-state index >= 15 is 0 Å². The van der Waals surface area contributed by atoms with Gasteiger partial charge in [-0.05, 0) is 41.3 Å². The van der Waals surface area contributed by atoms with Crippen molar-refractivity contribution in [1.29, 1.82) is 0 Å². The lowest BCUT2D eigenvalue weighted by Crippen LogP contribution is -2.17. The van der Waals surface area contributed by atoms with Crippen LogP contribution in [0, 0.1) is 6.92 Å². The Hall–Kier alpha value is -2.13. The van der Waals surface area contributed by atoms with E-state index in [0.29, 0.717) is 5.56 Å². The first-order chi connectivity index (χ1) is 9.65. The second kappa shape index (κ2) is 5.10. The van der Waals surface area contributed by atoms with Crippen LogP contribution < -0.4 is 0 Å². The first kappa shape index (κ1) is 12.9. The maximum absolute atomic E-state index is 11.1. The van der Waals surface area contributed by atoms with Gasteiger partial charge in [0.05, 0.1) is 18.3 Å². The van der Waals surface area contributed by atoms with Crippen molar-refractivity contribution in [2.75, 3.05) is 6.61 Å². The van der Waals surface area contributed by atoms with E-state index in [2.05, 4.69) is 12.1 Å². The van der Waals surface area contributed by atoms with Crippen molar-refractivity contribution >= 4 is 5.97 Å². The molecule has 0 saturated carbocycles. The average Bonchev–Trinajstić information content (AvgIpc) is 2.38. The van der Waals surface area contributed by atoms with E-state index in [-0.39, 0.29) is 6.10 Å². The molecule has 0 spiro atoms. The van der Waals surface area contributed by atoms with Crippen molar-refractivity contribution in [3.63, 3.8) is 0 Å². The van der Waals surface area contributed by atoms with Gasteiger partial charge in [0, 0.05) is 6.42 Å². The summed E-state index contributed by atoms with van der Waals surface area (Å²) < 4.78 is 5.46. The van der Waals surface area contributed by atoms with Crippen LogP contribution in [-0.4, -0.2) is 17.7 Å². The third-order valence-electron chi connectivity index (χ3n) is 3.78. The van der Waals surface area contributed by atoms with E-state index in [1.807, 2.05) is 25.1 Å². The van der Waals surface area contributed by atoms with Crippen LogP contribution in [0.1, 0.15) is 34.0 Å². The normalized spacial score (nSPS) is 17.6. The van der Waals surface area contributed by atoms with E-state index in [1.165, 1.54) is 5.56 Å². The predicted octanol–water partition coefficient (Wildman–Crippen LogP) is 3.82. The minimum absolute atomic E-state index is 0.232. The Morgan fingerprint density at radius 1 is 1.20 bits per heavy atom. The molecule has 3 rings (SSSR count). The number of carboxylic acids is 1. The molecule has 0 bridgehead atoms. The SMILES string of the molecule is Cc1ccc(C(=O)O)cc1-c1ccc(C2CCO2)cc1. The number of carboxylic acid groups (broad SMARTS) is 1. The second-order valence-electron chi connectivity index (χ2n) is 5.10. The van der Waals surface area contributed by atoms with Gasteiger partial charge in [-0.15, -0.1) is 0 Å². The van der Waals surface area contributed by atoms with Crippen molar-refractivity contribution in [2.45, 2.75) is 19.4 Å². The molecule has 1 fully saturated rings. The molecule has 1 aliphatic heterocycles. The molecule has 0 aromatic heterocycles. The molecule has 0 amide bonds. The Morgan fingerprint density at radius 3 is 2.45 bits per heavy atom. The zero-order valence-electron chi connectivity index (χ0n) is 11.3. The fourth-order valence-corrected chi connectivity index (χ4v) is 2.44. The van der Waals surface area contributed by atoms with Crippen LogP contribution in [-0.2, 0) is 4.74 Å². The summed E-state index contributed by atoms with van der Waals surface area (Å²) in [5.74, 6) is -0.897. The smallest absolute Gasteiger partial charge is 0.335 e. The molecule has 1 aliphatic rings.